The van der Waals surface area contributed by atoms with Crippen molar-refractivity contribution in [1.82, 2.24) is 0 Å². The molecule has 0 saturated carbocycles. The zero-order chi connectivity index (χ0) is 15.8. The van der Waals surface area contributed by atoms with E-state index < -0.39 is 0 Å². The Morgan fingerprint density at radius 1 is 1.04 bits per heavy atom. The second kappa shape index (κ2) is 5.69. The average molecular weight is 310 g/mol. The Kier molecular flexibility index (Phi) is 3.52. The standard InChI is InChI=1S/C19H19FN2O/c20-16-7-5-13(6-8-16)12-22-18-10-15-4-2-1-3-14(15)9-17(18)21-11-19(22)23/h5-10,21H,1-4,11-12H2. The summed E-state index contributed by atoms with van der Waals surface area (Å²) < 4.78 is 13.1. The summed E-state index contributed by atoms with van der Waals surface area (Å²) in [6.07, 6.45) is 4.66. The Morgan fingerprint density at radius 3 is 2.48 bits per heavy atom. The first-order valence-electron chi connectivity index (χ1n) is 8.15. The van der Waals surface area contributed by atoms with Gasteiger partial charge >= 0.3 is 0 Å². The maximum Gasteiger partial charge on any atom is 0.246 e. The molecular formula is C19H19FN2O. The van der Waals surface area contributed by atoms with Crippen molar-refractivity contribution in [2.45, 2.75) is 32.2 Å². The van der Waals surface area contributed by atoms with E-state index in [0.29, 0.717) is 13.1 Å². The van der Waals surface area contributed by atoms with Crippen LogP contribution in [0.15, 0.2) is 36.4 Å². The minimum absolute atomic E-state index is 0.0533. The number of carbonyl (C=O) groups is 1. The van der Waals surface area contributed by atoms with Gasteiger partial charge in [-0.2, -0.15) is 0 Å². The molecule has 1 aliphatic carbocycles. The highest BCUT2D eigenvalue weighted by molar-refractivity contribution is 6.02. The largest absolute Gasteiger partial charge is 0.374 e. The van der Waals surface area contributed by atoms with Crippen LogP contribution in [0.25, 0.3) is 0 Å². The molecular weight excluding hydrogens is 291 g/mol. The molecule has 0 fully saturated rings. The Morgan fingerprint density at radius 2 is 1.74 bits per heavy atom. The number of aryl methyl sites for hydroxylation is 2. The molecule has 0 atom stereocenters. The van der Waals surface area contributed by atoms with Crippen molar-refractivity contribution in [3.8, 4) is 0 Å². The number of benzene rings is 2. The molecule has 4 rings (SSSR count). The van der Waals surface area contributed by atoms with Crippen LogP contribution < -0.4 is 10.2 Å². The van der Waals surface area contributed by atoms with Gasteiger partial charge in [-0.3, -0.25) is 4.79 Å². The van der Waals surface area contributed by atoms with Gasteiger partial charge in [0.15, 0.2) is 0 Å². The first-order valence-corrected chi connectivity index (χ1v) is 8.15. The van der Waals surface area contributed by atoms with Gasteiger partial charge in [0.1, 0.15) is 5.82 Å². The summed E-state index contributed by atoms with van der Waals surface area (Å²) in [5.74, 6) is -0.201. The van der Waals surface area contributed by atoms with E-state index in [4.69, 9.17) is 0 Å². The van der Waals surface area contributed by atoms with Gasteiger partial charge < -0.3 is 10.2 Å². The van der Waals surface area contributed by atoms with E-state index in [2.05, 4.69) is 17.4 Å². The third kappa shape index (κ3) is 2.69. The minimum Gasteiger partial charge on any atom is -0.374 e. The molecule has 0 aromatic heterocycles. The molecule has 1 amide bonds. The molecule has 0 radical (unpaired) electrons. The molecule has 0 bridgehead atoms. The van der Waals surface area contributed by atoms with E-state index >= 15 is 0 Å². The number of hydrogen-bond acceptors (Lipinski definition) is 2. The highest BCUT2D eigenvalue weighted by atomic mass is 19.1. The zero-order valence-corrected chi connectivity index (χ0v) is 12.9. The van der Waals surface area contributed by atoms with E-state index in [0.717, 1.165) is 29.8 Å². The lowest BCUT2D eigenvalue weighted by atomic mass is 9.90. The lowest BCUT2D eigenvalue weighted by molar-refractivity contribution is -0.117. The van der Waals surface area contributed by atoms with Gasteiger partial charge in [0.2, 0.25) is 5.91 Å². The SMILES string of the molecule is O=C1CNc2cc3c(cc2N1Cc1ccc(F)cc1)CCCC3. The summed E-state index contributed by atoms with van der Waals surface area (Å²) in [7, 11) is 0. The van der Waals surface area contributed by atoms with E-state index in [-0.39, 0.29) is 11.7 Å². The predicted molar refractivity (Wildman–Crippen MR) is 89.2 cm³/mol. The van der Waals surface area contributed by atoms with Crippen LogP contribution in [0.4, 0.5) is 15.8 Å². The fourth-order valence-corrected chi connectivity index (χ4v) is 3.48. The van der Waals surface area contributed by atoms with Gasteiger partial charge in [-0.1, -0.05) is 12.1 Å². The van der Waals surface area contributed by atoms with Crippen LogP contribution in [-0.2, 0) is 24.2 Å². The number of amides is 1. The summed E-state index contributed by atoms with van der Waals surface area (Å²) in [4.78, 5) is 14.2. The maximum atomic E-state index is 13.1. The van der Waals surface area contributed by atoms with Crippen molar-refractivity contribution >= 4 is 17.3 Å². The third-order valence-corrected chi connectivity index (χ3v) is 4.74. The Hall–Kier alpha value is -2.36. The van der Waals surface area contributed by atoms with Crippen LogP contribution in [0.5, 0.6) is 0 Å². The van der Waals surface area contributed by atoms with Gasteiger partial charge in [0, 0.05) is 0 Å². The number of fused-ring (bicyclic) bond motifs is 2. The lowest BCUT2D eigenvalue weighted by Crippen LogP contribution is -2.39. The molecule has 2 aromatic rings. The van der Waals surface area contributed by atoms with E-state index in [1.54, 1.807) is 12.1 Å². The zero-order valence-electron chi connectivity index (χ0n) is 12.9. The van der Waals surface area contributed by atoms with Gasteiger partial charge in [0.25, 0.3) is 0 Å². The highest BCUT2D eigenvalue weighted by Gasteiger charge is 2.26. The summed E-state index contributed by atoms with van der Waals surface area (Å²) in [5.41, 5.74) is 5.68. The molecule has 0 unspecified atom stereocenters. The van der Waals surface area contributed by atoms with Crippen molar-refractivity contribution in [1.29, 1.82) is 0 Å². The molecule has 118 valence electrons. The maximum absolute atomic E-state index is 13.1. The topological polar surface area (TPSA) is 32.3 Å². The summed E-state index contributed by atoms with van der Waals surface area (Å²) in [5, 5.41) is 3.24. The molecule has 3 nitrogen and oxygen atoms in total. The molecule has 0 spiro atoms. The molecule has 0 saturated heterocycles. The number of carbonyl (C=O) groups excluding carboxylic acids is 1. The van der Waals surface area contributed by atoms with Gasteiger partial charge in [-0.15, -0.1) is 0 Å². The monoisotopic (exact) mass is 310 g/mol. The van der Waals surface area contributed by atoms with Crippen LogP contribution in [0.3, 0.4) is 0 Å². The van der Waals surface area contributed by atoms with Crippen molar-refractivity contribution in [2.75, 3.05) is 16.8 Å². The lowest BCUT2D eigenvalue weighted by Gasteiger charge is -2.32. The number of nitrogens with zero attached hydrogens (tertiary/aromatic N) is 1. The number of rotatable bonds is 2. The Bertz CT molecular complexity index is 755. The van der Waals surface area contributed by atoms with Crippen LogP contribution in [0.1, 0.15) is 29.5 Å². The normalized spacial score (nSPS) is 16.6. The number of nitrogens with one attached hydrogen (secondary N) is 1. The van der Waals surface area contributed by atoms with E-state index in [1.807, 2.05) is 4.90 Å². The van der Waals surface area contributed by atoms with E-state index in [9.17, 15) is 9.18 Å². The minimum atomic E-state index is -0.255. The highest BCUT2D eigenvalue weighted by Crippen LogP contribution is 2.36. The summed E-state index contributed by atoms with van der Waals surface area (Å²) in [6.45, 7) is 0.791. The molecule has 1 aliphatic heterocycles. The third-order valence-electron chi connectivity index (χ3n) is 4.74. The van der Waals surface area contributed by atoms with Crippen LogP contribution in [0, 0.1) is 5.82 Å². The first kappa shape index (κ1) is 14.2. The second-order valence-corrected chi connectivity index (χ2v) is 6.31. The molecule has 2 aromatic carbocycles. The number of halogens is 1. The predicted octanol–water partition coefficient (Wildman–Crippen LogP) is 3.66. The van der Waals surface area contributed by atoms with Crippen LogP contribution >= 0.6 is 0 Å². The fourth-order valence-electron chi connectivity index (χ4n) is 3.48. The number of anilines is 2. The second-order valence-electron chi connectivity index (χ2n) is 6.31. The van der Waals surface area contributed by atoms with Crippen LogP contribution in [0.2, 0.25) is 0 Å². The average Bonchev–Trinajstić information content (AvgIpc) is 2.58. The summed E-state index contributed by atoms with van der Waals surface area (Å²) in [6, 6.07) is 10.7. The molecule has 2 aliphatic rings. The molecule has 4 heteroatoms. The quantitative estimate of drug-likeness (QED) is 0.918. The molecule has 1 N–H and O–H groups in total. The molecule has 1 heterocycles. The van der Waals surface area contributed by atoms with Crippen molar-refractivity contribution in [3.63, 3.8) is 0 Å². The van der Waals surface area contributed by atoms with Gasteiger partial charge in [0.05, 0.1) is 24.5 Å². The number of hydrogen-bond donors (Lipinski definition) is 1. The Labute approximate surface area is 135 Å². The summed E-state index contributed by atoms with van der Waals surface area (Å²) >= 11 is 0. The van der Waals surface area contributed by atoms with Crippen molar-refractivity contribution in [2.24, 2.45) is 0 Å². The Balaban J connectivity index is 1.70. The smallest absolute Gasteiger partial charge is 0.246 e. The van der Waals surface area contributed by atoms with Gasteiger partial charge in [-0.25, -0.2) is 4.39 Å². The van der Waals surface area contributed by atoms with E-state index in [1.165, 1.54) is 36.1 Å². The fraction of sp³-hybridized carbons (Fsp3) is 0.316. The van der Waals surface area contributed by atoms with Gasteiger partial charge in [-0.05, 0) is 66.6 Å². The first-order chi connectivity index (χ1) is 11.2. The molecule has 23 heavy (non-hydrogen) atoms. The van der Waals surface area contributed by atoms with Crippen LogP contribution in [-0.4, -0.2) is 12.5 Å². The van der Waals surface area contributed by atoms with Crippen molar-refractivity contribution < 1.29 is 9.18 Å². The van der Waals surface area contributed by atoms with Crippen molar-refractivity contribution in [3.05, 3.63) is 58.9 Å².